The standard InChI is InChI=1S/C25H18F3N5O2/c1-33-12-11-20-22(33)23(30-14-29-20)35-21-10-9-19(17-7-2-3-8-18(17)21)32-24(34)31-16-6-4-5-15(13-16)25(26,27)28/h2-14H,1H3,(H2,31,32,34). The molecule has 5 rings (SSSR count). The van der Waals surface area contributed by atoms with Gasteiger partial charge < -0.3 is 19.9 Å². The molecule has 0 aliphatic carbocycles. The highest BCUT2D eigenvalue weighted by atomic mass is 19.4. The summed E-state index contributed by atoms with van der Waals surface area (Å²) in [4.78, 5) is 21.1. The molecule has 2 heterocycles. The number of ether oxygens (including phenoxy) is 1. The summed E-state index contributed by atoms with van der Waals surface area (Å²) in [6.45, 7) is 0. The second kappa shape index (κ2) is 8.64. The number of hydrogen-bond donors (Lipinski definition) is 2. The minimum Gasteiger partial charge on any atom is -0.436 e. The van der Waals surface area contributed by atoms with E-state index in [1.54, 1.807) is 18.2 Å². The largest absolute Gasteiger partial charge is 0.436 e. The van der Waals surface area contributed by atoms with Gasteiger partial charge in [0.05, 0.1) is 16.8 Å². The van der Waals surface area contributed by atoms with Crippen LogP contribution in [0.25, 0.3) is 21.8 Å². The van der Waals surface area contributed by atoms with Crippen molar-refractivity contribution in [2.24, 2.45) is 7.05 Å². The van der Waals surface area contributed by atoms with Crippen molar-refractivity contribution in [1.82, 2.24) is 14.5 Å². The number of carbonyl (C=O) groups excluding carboxylic acids is 1. The number of rotatable bonds is 4. The molecule has 0 radical (unpaired) electrons. The molecule has 0 fully saturated rings. The van der Waals surface area contributed by atoms with Gasteiger partial charge in [0, 0.05) is 29.7 Å². The van der Waals surface area contributed by atoms with E-state index in [4.69, 9.17) is 4.74 Å². The Morgan fingerprint density at radius 2 is 1.74 bits per heavy atom. The van der Waals surface area contributed by atoms with Crippen LogP contribution in [0.1, 0.15) is 5.56 Å². The number of carbonyl (C=O) groups is 1. The van der Waals surface area contributed by atoms with Crippen molar-refractivity contribution in [2.45, 2.75) is 6.18 Å². The lowest BCUT2D eigenvalue weighted by molar-refractivity contribution is -0.137. The van der Waals surface area contributed by atoms with Crippen LogP contribution in [0.5, 0.6) is 11.6 Å². The molecule has 35 heavy (non-hydrogen) atoms. The van der Waals surface area contributed by atoms with Crippen LogP contribution in [0.4, 0.5) is 29.3 Å². The van der Waals surface area contributed by atoms with Gasteiger partial charge in [0.2, 0.25) is 5.88 Å². The van der Waals surface area contributed by atoms with Crippen LogP contribution in [0.2, 0.25) is 0 Å². The Hall–Kier alpha value is -4.60. The van der Waals surface area contributed by atoms with Crippen molar-refractivity contribution in [3.05, 3.63) is 84.8 Å². The second-order valence-corrected chi connectivity index (χ2v) is 7.76. The highest BCUT2D eigenvalue weighted by Gasteiger charge is 2.30. The average molecular weight is 477 g/mol. The third-order valence-corrected chi connectivity index (χ3v) is 5.41. The Kier molecular flexibility index (Phi) is 5.48. The molecule has 7 nitrogen and oxygen atoms in total. The Bertz CT molecular complexity index is 1560. The number of amides is 2. The van der Waals surface area contributed by atoms with Crippen molar-refractivity contribution < 1.29 is 22.7 Å². The zero-order chi connectivity index (χ0) is 24.6. The predicted molar refractivity (Wildman–Crippen MR) is 127 cm³/mol. The summed E-state index contributed by atoms with van der Waals surface area (Å²) in [7, 11) is 1.87. The van der Waals surface area contributed by atoms with Crippen LogP contribution < -0.4 is 15.4 Å². The van der Waals surface area contributed by atoms with E-state index in [2.05, 4.69) is 20.6 Å². The third-order valence-electron chi connectivity index (χ3n) is 5.41. The van der Waals surface area contributed by atoms with Gasteiger partial charge in [-0.3, -0.25) is 0 Å². The first-order valence-electron chi connectivity index (χ1n) is 10.5. The van der Waals surface area contributed by atoms with Crippen molar-refractivity contribution >= 4 is 39.2 Å². The fourth-order valence-corrected chi connectivity index (χ4v) is 3.79. The van der Waals surface area contributed by atoms with Gasteiger partial charge in [-0.1, -0.05) is 30.3 Å². The molecule has 0 saturated heterocycles. The molecule has 0 spiro atoms. The predicted octanol–water partition coefficient (Wildman–Crippen LogP) is 6.58. The summed E-state index contributed by atoms with van der Waals surface area (Å²) in [6, 6.07) is 16.3. The van der Waals surface area contributed by atoms with E-state index in [9.17, 15) is 18.0 Å². The maximum absolute atomic E-state index is 13.0. The quantitative estimate of drug-likeness (QED) is 0.307. The summed E-state index contributed by atoms with van der Waals surface area (Å²) < 4.78 is 46.9. The summed E-state index contributed by atoms with van der Waals surface area (Å²) >= 11 is 0. The monoisotopic (exact) mass is 477 g/mol. The zero-order valence-corrected chi connectivity index (χ0v) is 18.3. The summed E-state index contributed by atoms with van der Waals surface area (Å²) in [5, 5.41) is 6.54. The lowest BCUT2D eigenvalue weighted by atomic mass is 10.1. The number of nitrogens with zero attached hydrogens (tertiary/aromatic N) is 3. The number of hydrogen-bond acceptors (Lipinski definition) is 4. The maximum Gasteiger partial charge on any atom is 0.416 e. The molecule has 176 valence electrons. The van der Waals surface area contributed by atoms with Gasteiger partial charge in [0.25, 0.3) is 0 Å². The van der Waals surface area contributed by atoms with Gasteiger partial charge >= 0.3 is 12.2 Å². The molecule has 10 heteroatoms. The first kappa shape index (κ1) is 22.2. The van der Waals surface area contributed by atoms with Crippen molar-refractivity contribution in [2.75, 3.05) is 10.6 Å². The van der Waals surface area contributed by atoms with E-state index in [0.717, 1.165) is 23.2 Å². The molecule has 0 aliphatic rings. The lowest BCUT2D eigenvalue weighted by Crippen LogP contribution is -2.20. The van der Waals surface area contributed by atoms with Gasteiger partial charge in [-0.05, 0) is 36.4 Å². The molecule has 0 unspecified atom stereocenters. The Balaban J connectivity index is 1.42. The number of alkyl halides is 3. The second-order valence-electron chi connectivity index (χ2n) is 7.76. The summed E-state index contributed by atoms with van der Waals surface area (Å²) in [5.41, 5.74) is 1.12. The van der Waals surface area contributed by atoms with E-state index >= 15 is 0 Å². The first-order chi connectivity index (χ1) is 16.8. The van der Waals surface area contributed by atoms with Gasteiger partial charge in [0.15, 0.2) is 0 Å². The van der Waals surface area contributed by atoms with Crippen molar-refractivity contribution in [3.63, 3.8) is 0 Å². The first-order valence-corrected chi connectivity index (χ1v) is 10.5. The van der Waals surface area contributed by atoms with Gasteiger partial charge in [-0.2, -0.15) is 18.2 Å². The van der Waals surface area contributed by atoms with Gasteiger partial charge in [-0.25, -0.2) is 9.78 Å². The number of aryl methyl sites for hydroxylation is 1. The normalized spacial score (nSPS) is 11.5. The molecule has 0 bridgehead atoms. The van der Waals surface area contributed by atoms with E-state index < -0.39 is 17.8 Å². The Morgan fingerprint density at radius 3 is 2.54 bits per heavy atom. The van der Waals surface area contributed by atoms with Crippen molar-refractivity contribution in [3.8, 4) is 11.6 Å². The van der Waals surface area contributed by atoms with E-state index in [-0.39, 0.29) is 5.69 Å². The van der Waals surface area contributed by atoms with Crippen LogP contribution in [0.15, 0.2) is 79.3 Å². The van der Waals surface area contributed by atoms with Crippen LogP contribution >= 0.6 is 0 Å². The smallest absolute Gasteiger partial charge is 0.416 e. The third kappa shape index (κ3) is 4.45. The van der Waals surface area contributed by atoms with E-state index in [1.165, 1.54) is 18.5 Å². The average Bonchev–Trinajstić information content (AvgIpc) is 3.22. The van der Waals surface area contributed by atoms with E-state index in [1.807, 2.05) is 42.1 Å². The Morgan fingerprint density at radius 1 is 0.943 bits per heavy atom. The molecule has 3 aromatic carbocycles. The fraction of sp³-hybridized carbons (Fsp3) is 0.0800. The lowest BCUT2D eigenvalue weighted by Gasteiger charge is -2.14. The molecule has 0 aliphatic heterocycles. The van der Waals surface area contributed by atoms with Crippen LogP contribution in [-0.4, -0.2) is 20.6 Å². The van der Waals surface area contributed by atoms with Crippen molar-refractivity contribution in [1.29, 1.82) is 0 Å². The molecular formula is C25H18F3N5O2. The SMILES string of the molecule is Cn1ccc2ncnc(Oc3ccc(NC(=O)Nc4cccc(C(F)(F)F)c4)c4ccccc34)c21. The molecule has 5 aromatic rings. The number of fused-ring (bicyclic) bond motifs is 2. The number of nitrogens with one attached hydrogen (secondary N) is 2. The summed E-state index contributed by atoms with van der Waals surface area (Å²) in [6.07, 6.45) is -1.22. The highest BCUT2D eigenvalue weighted by molar-refractivity contribution is 6.07. The molecular weight excluding hydrogens is 459 g/mol. The number of urea groups is 1. The minimum atomic E-state index is -4.51. The molecule has 2 N–H and O–H groups in total. The number of anilines is 2. The minimum absolute atomic E-state index is 0.0249. The number of aromatic nitrogens is 3. The van der Waals surface area contributed by atoms with Gasteiger partial charge in [-0.15, -0.1) is 0 Å². The van der Waals surface area contributed by atoms with Gasteiger partial charge in [0.1, 0.15) is 17.6 Å². The maximum atomic E-state index is 13.0. The number of benzene rings is 3. The molecule has 0 atom stereocenters. The molecule has 2 amide bonds. The zero-order valence-electron chi connectivity index (χ0n) is 18.3. The fourth-order valence-electron chi connectivity index (χ4n) is 3.79. The van der Waals surface area contributed by atoms with E-state index in [0.29, 0.717) is 28.1 Å². The summed E-state index contributed by atoms with van der Waals surface area (Å²) in [5.74, 6) is 0.904. The topological polar surface area (TPSA) is 81.1 Å². The van der Waals surface area contributed by atoms with Crippen LogP contribution in [0, 0.1) is 0 Å². The van der Waals surface area contributed by atoms with Crippen LogP contribution in [0.3, 0.4) is 0 Å². The Labute approximate surface area is 197 Å². The molecule has 2 aromatic heterocycles. The highest BCUT2D eigenvalue weighted by Crippen LogP contribution is 2.36. The number of halogens is 3. The molecule has 0 saturated carbocycles. The van der Waals surface area contributed by atoms with Crippen LogP contribution in [-0.2, 0) is 13.2 Å².